The molecule has 0 aromatic heterocycles. The highest BCUT2D eigenvalue weighted by Crippen LogP contribution is 2.53. The molecule has 3 aliphatic rings. The van der Waals surface area contributed by atoms with Crippen LogP contribution in [0.3, 0.4) is 0 Å². The summed E-state index contributed by atoms with van der Waals surface area (Å²) < 4.78 is 0. The molecule has 1 aliphatic carbocycles. The Kier molecular flexibility index (Phi) is 4.25. The summed E-state index contributed by atoms with van der Waals surface area (Å²) in [7, 11) is 2.16. The zero-order valence-electron chi connectivity index (χ0n) is 14.7. The third kappa shape index (κ3) is 2.61. The first-order chi connectivity index (χ1) is 11.7. The molecule has 130 valence electrons. The van der Waals surface area contributed by atoms with Crippen LogP contribution in [0.2, 0.25) is 0 Å². The van der Waals surface area contributed by atoms with Crippen LogP contribution in [-0.2, 0) is 5.54 Å². The number of fused-ring (bicyclic) bond motifs is 1. The first kappa shape index (κ1) is 15.9. The molecule has 1 aromatic rings. The molecule has 24 heavy (non-hydrogen) atoms. The molecule has 4 nitrogen and oxygen atoms in total. The van der Waals surface area contributed by atoms with E-state index in [2.05, 4.69) is 52.5 Å². The van der Waals surface area contributed by atoms with Crippen molar-refractivity contribution in [2.75, 3.05) is 26.7 Å². The van der Waals surface area contributed by atoms with Crippen LogP contribution in [0.15, 0.2) is 30.3 Å². The van der Waals surface area contributed by atoms with E-state index in [0.717, 1.165) is 38.9 Å². The van der Waals surface area contributed by atoms with Crippen molar-refractivity contribution < 1.29 is 4.79 Å². The second-order valence-electron chi connectivity index (χ2n) is 7.87. The standard InChI is InChI=1S/C20H29N3O/c1-22-13-10-18(11-14-22)21-19(24)23-15-17-9-5-6-12-20(17,23)16-7-3-2-4-8-16/h2-4,7-8,17-18H,5-6,9-15H2,1H3,(H,21,24). The minimum absolute atomic E-state index is 0.0466. The molecule has 3 fully saturated rings. The molecule has 0 radical (unpaired) electrons. The zero-order chi connectivity index (χ0) is 16.6. The van der Waals surface area contributed by atoms with Gasteiger partial charge in [0.1, 0.15) is 0 Å². The SMILES string of the molecule is CN1CCC(NC(=O)N2CC3CCCCC32c2ccccc2)CC1. The Hall–Kier alpha value is -1.55. The van der Waals surface area contributed by atoms with Gasteiger partial charge < -0.3 is 15.1 Å². The fraction of sp³-hybridized carbons (Fsp3) is 0.650. The first-order valence-corrected chi connectivity index (χ1v) is 9.52. The highest BCUT2D eigenvalue weighted by Gasteiger charge is 2.57. The van der Waals surface area contributed by atoms with Crippen LogP contribution in [0.25, 0.3) is 0 Å². The van der Waals surface area contributed by atoms with Gasteiger partial charge >= 0.3 is 6.03 Å². The molecule has 2 unspecified atom stereocenters. The van der Waals surface area contributed by atoms with Crippen molar-refractivity contribution in [3.63, 3.8) is 0 Å². The molecular formula is C20H29N3O. The van der Waals surface area contributed by atoms with Gasteiger partial charge in [0, 0.05) is 18.5 Å². The van der Waals surface area contributed by atoms with Crippen LogP contribution >= 0.6 is 0 Å². The molecule has 2 heterocycles. The van der Waals surface area contributed by atoms with Gasteiger partial charge in [0.25, 0.3) is 0 Å². The predicted molar refractivity (Wildman–Crippen MR) is 95.8 cm³/mol. The fourth-order valence-electron chi connectivity index (χ4n) is 5.03. The Labute approximate surface area is 145 Å². The second kappa shape index (κ2) is 6.40. The molecule has 2 atom stereocenters. The van der Waals surface area contributed by atoms with Crippen molar-refractivity contribution in [1.29, 1.82) is 0 Å². The number of piperidine rings is 1. The van der Waals surface area contributed by atoms with E-state index in [0.29, 0.717) is 12.0 Å². The number of urea groups is 1. The largest absolute Gasteiger partial charge is 0.335 e. The third-order valence-corrected chi connectivity index (χ3v) is 6.49. The third-order valence-electron chi connectivity index (χ3n) is 6.49. The van der Waals surface area contributed by atoms with Gasteiger partial charge in [0.2, 0.25) is 0 Å². The van der Waals surface area contributed by atoms with Crippen LogP contribution < -0.4 is 5.32 Å². The van der Waals surface area contributed by atoms with Crippen molar-refractivity contribution in [2.45, 2.75) is 50.1 Å². The number of carbonyl (C=O) groups is 1. The number of nitrogens with zero attached hydrogens (tertiary/aromatic N) is 2. The molecular weight excluding hydrogens is 298 g/mol. The Morgan fingerprint density at radius 3 is 2.58 bits per heavy atom. The van der Waals surface area contributed by atoms with Crippen molar-refractivity contribution in [3.05, 3.63) is 35.9 Å². The van der Waals surface area contributed by atoms with Crippen molar-refractivity contribution >= 4 is 6.03 Å². The highest BCUT2D eigenvalue weighted by molar-refractivity contribution is 5.77. The van der Waals surface area contributed by atoms with Gasteiger partial charge in [-0.25, -0.2) is 4.79 Å². The van der Waals surface area contributed by atoms with Crippen molar-refractivity contribution in [1.82, 2.24) is 15.1 Å². The maximum Gasteiger partial charge on any atom is 0.318 e. The number of carbonyl (C=O) groups excluding carboxylic acids is 1. The maximum absolute atomic E-state index is 13.0. The van der Waals surface area contributed by atoms with Gasteiger partial charge in [-0.05, 0) is 51.4 Å². The van der Waals surface area contributed by atoms with Gasteiger partial charge in [-0.15, -0.1) is 0 Å². The zero-order valence-corrected chi connectivity index (χ0v) is 14.7. The highest BCUT2D eigenvalue weighted by atomic mass is 16.2. The van der Waals surface area contributed by atoms with Gasteiger partial charge in [-0.3, -0.25) is 0 Å². The van der Waals surface area contributed by atoms with E-state index in [9.17, 15) is 4.79 Å². The normalized spacial score (nSPS) is 31.2. The maximum atomic E-state index is 13.0. The topological polar surface area (TPSA) is 35.6 Å². The molecule has 2 amide bonds. The van der Waals surface area contributed by atoms with Crippen LogP contribution in [0.4, 0.5) is 4.79 Å². The summed E-state index contributed by atoms with van der Waals surface area (Å²) in [5.41, 5.74) is 1.29. The van der Waals surface area contributed by atoms with Gasteiger partial charge in [-0.1, -0.05) is 43.2 Å². The molecule has 1 saturated carbocycles. The van der Waals surface area contributed by atoms with E-state index in [1.165, 1.54) is 24.8 Å². The lowest BCUT2D eigenvalue weighted by Crippen LogP contribution is -2.70. The van der Waals surface area contributed by atoms with E-state index in [4.69, 9.17) is 0 Å². The van der Waals surface area contributed by atoms with Gasteiger partial charge in [0.05, 0.1) is 5.54 Å². The lowest BCUT2D eigenvalue weighted by molar-refractivity contribution is -0.0801. The average Bonchev–Trinajstić information content (AvgIpc) is 2.59. The smallest absolute Gasteiger partial charge is 0.318 e. The first-order valence-electron chi connectivity index (χ1n) is 9.52. The molecule has 1 N–H and O–H groups in total. The van der Waals surface area contributed by atoms with Crippen LogP contribution in [0.5, 0.6) is 0 Å². The number of amides is 2. The summed E-state index contributed by atoms with van der Waals surface area (Å²) in [6.07, 6.45) is 7.04. The Balaban J connectivity index is 1.51. The molecule has 4 heteroatoms. The Bertz CT molecular complexity index is 582. The number of rotatable bonds is 2. The second-order valence-corrected chi connectivity index (χ2v) is 7.87. The summed E-state index contributed by atoms with van der Waals surface area (Å²) in [6, 6.07) is 11.2. The quantitative estimate of drug-likeness (QED) is 0.905. The lowest BCUT2D eigenvalue weighted by atomic mass is 9.62. The minimum atomic E-state index is -0.0466. The fourth-order valence-corrected chi connectivity index (χ4v) is 5.03. The number of benzene rings is 1. The molecule has 4 rings (SSSR count). The number of likely N-dealkylation sites (tertiary alicyclic amines) is 2. The average molecular weight is 327 g/mol. The molecule has 2 saturated heterocycles. The number of hydrogen-bond acceptors (Lipinski definition) is 2. The summed E-state index contributed by atoms with van der Waals surface area (Å²) in [5.74, 6) is 0.636. The monoisotopic (exact) mass is 327 g/mol. The Morgan fingerprint density at radius 1 is 1.12 bits per heavy atom. The summed E-state index contributed by atoms with van der Waals surface area (Å²) >= 11 is 0. The molecule has 0 spiro atoms. The van der Waals surface area contributed by atoms with Crippen LogP contribution in [-0.4, -0.2) is 48.6 Å². The van der Waals surface area contributed by atoms with E-state index in [-0.39, 0.29) is 11.6 Å². The van der Waals surface area contributed by atoms with Gasteiger partial charge in [0.15, 0.2) is 0 Å². The predicted octanol–water partition coefficient (Wildman–Crippen LogP) is 3.19. The molecule has 0 bridgehead atoms. The van der Waals surface area contributed by atoms with E-state index >= 15 is 0 Å². The van der Waals surface area contributed by atoms with Gasteiger partial charge in [-0.2, -0.15) is 0 Å². The molecule has 2 aliphatic heterocycles. The molecule has 1 aromatic carbocycles. The summed E-state index contributed by atoms with van der Waals surface area (Å²) in [6.45, 7) is 3.09. The van der Waals surface area contributed by atoms with Crippen molar-refractivity contribution in [3.8, 4) is 0 Å². The van der Waals surface area contributed by atoms with E-state index in [1.54, 1.807) is 0 Å². The van der Waals surface area contributed by atoms with E-state index in [1.807, 2.05) is 0 Å². The number of nitrogens with one attached hydrogen (secondary N) is 1. The van der Waals surface area contributed by atoms with Crippen LogP contribution in [0, 0.1) is 5.92 Å². The lowest BCUT2D eigenvalue weighted by Gasteiger charge is -2.61. The number of hydrogen-bond donors (Lipinski definition) is 1. The van der Waals surface area contributed by atoms with Crippen LogP contribution in [0.1, 0.15) is 44.1 Å². The Morgan fingerprint density at radius 2 is 1.88 bits per heavy atom. The summed E-state index contributed by atoms with van der Waals surface area (Å²) in [5, 5.41) is 3.33. The minimum Gasteiger partial charge on any atom is -0.335 e. The van der Waals surface area contributed by atoms with E-state index < -0.39 is 0 Å². The van der Waals surface area contributed by atoms with Crippen molar-refractivity contribution in [2.24, 2.45) is 5.92 Å². The summed E-state index contributed by atoms with van der Waals surface area (Å²) in [4.78, 5) is 17.5.